The van der Waals surface area contributed by atoms with Crippen LogP contribution in [-0.4, -0.2) is 59.2 Å². The predicted octanol–water partition coefficient (Wildman–Crippen LogP) is 2.29. The van der Waals surface area contributed by atoms with Gasteiger partial charge in [-0.05, 0) is 23.7 Å². The second-order valence-electron chi connectivity index (χ2n) is 5.27. The third-order valence-electron chi connectivity index (χ3n) is 4.10. The van der Waals surface area contributed by atoms with Crippen molar-refractivity contribution < 1.29 is 4.74 Å². The highest BCUT2D eigenvalue weighted by Gasteiger charge is 2.40. The summed E-state index contributed by atoms with van der Waals surface area (Å²) in [7, 11) is 0. The third-order valence-corrected chi connectivity index (χ3v) is 6.52. The van der Waals surface area contributed by atoms with Gasteiger partial charge in [0, 0.05) is 30.9 Å². The maximum absolute atomic E-state index is 9.15. The zero-order chi connectivity index (χ0) is 14.7. The van der Waals surface area contributed by atoms with Gasteiger partial charge in [-0.1, -0.05) is 11.6 Å². The van der Waals surface area contributed by atoms with E-state index in [9.17, 15) is 0 Å². The fraction of sp³-hybridized carbons (Fsp3) is 0.692. The number of thioether (sulfide) groups is 1. The molecule has 2 aliphatic heterocycles. The Balaban J connectivity index is 1.72. The summed E-state index contributed by atoms with van der Waals surface area (Å²) in [6.07, 6.45) is 1.17. The van der Waals surface area contributed by atoms with Crippen LogP contribution in [0.3, 0.4) is 0 Å². The number of morpholine rings is 1. The van der Waals surface area contributed by atoms with Crippen LogP contribution in [0.2, 0.25) is 5.15 Å². The first-order valence-corrected chi connectivity index (χ1v) is 9.25. The molecule has 0 unspecified atom stereocenters. The summed E-state index contributed by atoms with van der Waals surface area (Å²) < 4.78 is 9.52. The molecule has 1 atom stereocenters. The van der Waals surface area contributed by atoms with Gasteiger partial charge in [0.2, 0.25) is 0 Å². The van der Waals surface area contributed by atoms with Crippen molar-refractivity contribution in [3.63, 3.8) is 0 Å². The molecule has 0 saturated carbocycles. The molecule has 1 aromatic heterocycles. The first-order chi connectivity index (χ1) is 10.2. The highest BCUT2D eigenvalue weighted by molar-refractivity contribution is 7.99. The molecule has 114 valence electrons. The number of nitrogens with one attached hydrogen (secondary N) is 1. The van der Waals surface area contributed by atoms with E-state index in [1.165, 1.54) is 23.7 Å². The number of nitrogens with zero attached hydrogens (tertiary/aromatic N) is 3. The predicted molar refractivity (Wildman–Crippen MR) is 87.4 cm³/mol. The van der Waals surface area contributed by atoms with Gasteiger partial charge in [0.15, 0.2) is 5.15 Å². The Kier molecular flexibility index (Phi) is 4.92. The molecule has 2 fully saturated rings. The molecular formula is C13H17ClN4OS2. The van der Waals surface area contributed by atoms with Crippen LogP contribution in [0.5, 0.6) is 0 Å². The van der Waals surface area contributed by atoms with Crippen LogP contribution in [0.15, 0.2) is 0 Å². The van der Waals surface area contributed by atoms with Gasteiger partial charge in [-0.2, -0.15) is 21.4 Å². The normalized spacial score (nSPS) is 26.7. The Labute approximate surface area is 137 Å². The Morgan fingerprint density at radius 2 is 2.29 bits per heavy atom. The number of anilines is 1. The molecule has 2 saturated heterocycles. The smallest absolute Gasteiger partial charge is 0.162 e. The van der Waals surface area contributed by atoms with Crippen molar-refractivity contribution in [3.8, 4) is 6.07 Å². The van der Waals surface area contributed by atoms with E-state index in [-0.39, 0.29) is 5.54 Å². The minimum atomic E-state index is 0.150. The molecule has 0 aliphatic carbocycles. The lowest BCUT2D eigenvalue weighted by Crippen LogP contribution is -2.57. The maximum atomic E-state index is 9.15. The van der Waals surface area contributed by atoms with Gasteiger partial charge in [0.1, 0.15) is 16.6 Å². The first kappa shape index (κ1) is 15.4. The van der Waals surface area contributed by atoms with Crippen molar-refractivity contribution in [2.75, 3.05) is 49.7 Å². The lowest BCUT2D eigenvalue weighted by Gasteiger charge is -2.43. The largest absolute Gasteiger partial charge is 0.379 e. The highest BCUT2D eigenvalue weighted by Crippen LogP contribution is 2.35. The van der Waals surface area contributed by atoms with E-state index in [0.717, 1.165) is 43.6 Å². The second-order valence-corrected chi connectivity index (χ2v) is 7.51. The summed E-state index contributed by atoms with van der Waals surface area (Å²) in [5, 5.41) is 13.7. The molecule has 21 heavy (non-hydrogen) atoms. The Morgan fingerprint density at radius 1 is 1.48 bits per heavy atom. The van der Waals surface area contributed by atoms with Gasteiger partial charge in [0.05, 0.1) is 13.2 Å². The molecule has 3 heterocycles. The average molecular weight is 345 g/mol. The topological polar surface area (TPSA) is 61.2 Å². The van der Waals surface area contributed by atoms with Crippen LogP contribution in [0.25, 0.3) is 0 Å². The van der Waals surface area contributed by atoms with Crippen LogP contribution in [0, 0.1) is 11.3 Å². The van der Waals surface area contributed by atoms with E-state index in [4.69, 9.17) is 21.6 Å². The van der Waals surface area contributed by atoms with Gasteiger partial charge in [-0.25, -0.2) is 0 Å². The van der Waals surface area contributed by atoms with Crippen LogP contribution in [0.1, 0.15) is 12.0 Å². The van der Waals surface area contributed by atoms with Gasteiger partial charge in [0.25, 0.3) is 0 Å². The zero-order valence-corrected chi connectivity index (χ0v) is 14.0. The van der Waals surface area contributed by atoms with E-state index in [1.807, 2.05) is 11.8 Å². The van der Waals surface area contributed by atoms with Crippen molar-refractivity contribution in [1.29, 1.82) is 5.26 Å². The molecule has 2 aliphatic rings. The highest BCUT2D eigenvalue weighted by atomic mass is 35.5. The number of hydrogen-bond donors (Lipinski definition) is 1. The van der Waals surface area contributed by atoms with Gasteiger partial charge in [-0.15, -0.1) is 0 Å². The van der Waals surface area contributed by atoms with E-state index >= 15 is 0 Å². The summed E-state index contributed by atoms with van der Waals surface area (Å²) in [6, 6.07) is 2.13. The summed E-state index contributed by atoms with van der Waals surface area (Å²) in [5.41, 5.74) is 0.613. The molecule has 0 spiro atoms. The van der Waals surface area contributed by atoms with Crippen molar-refractivity contribution in [2.24, 2.45) is 0 Å². The Bertz CT molecular complexity index is 533. The summed E-state index contributed by atoms with van der Waals surface area (Å²) >= 11 is 9.19. The number of nitriles is 1. The van der Waals surface area contributed by atoms with Crippen molar-refractivity contribution in [3.05, 3.63) is 10.7 Å². The minimum Gasteiger partial charge on any atom is -0.379 e. The molecule has 1 N–H and O–H groups in total. The lowest BCUT2D eigenvalue weighted by atomic mass is 9.95. The standard InChI is InChI=1S/C13H17ClN4OS2/c14-11-10(7-15)12(21-17-11)16-8-13(1-6-20-9-13)18-2-4-19-5-3-18/h16H,1-6,8-9H2/t13-/m1/s1. The maximum Gasteiger partial charge on any atom is 0.162 e. The van der Waals surface area contributed by atoms with Crippen LogP contribution >= 0.6 is 34.9 Å². The number of halogens is 1. The molecule has 8 heteroatoms. The lowest BCUT2D eigenvalue weighted by molar-refractivity contribution is -0.00918. The van der Waals surface area contributed by atoms with Crippen LogP contribution < -0.4 is 5.32 Å². The Morgan fingerprint density at radius 3 is 2.95 bits per heavy atom. The Hall–Kier alpha value is -0.520. The molecular weight excluding hydrogens is 328 g/mol. The third kappa shape index (κ3) is 3.15. The fourth-order valence-corrected chi connectivity index (χ4v) is 5.27. The molecule has 3 rings (SSSR count). The summed E-state index contributed by atoms with van der Waals surface area (Å²) in [6.45, 7) is 4.41. The molecule has 1 aromatic rings. The van der Waals surface area contributed by atoms with E-state index in [2.05, 4.69) is 20.7 Å². The zero-order valence-electron chi connectivity index (χ0n) is 11.6. The number of hydrogen-bond acceptors (Lipinski definition) is 7. The quantitative estimate of drug-likeness (QED) is 0.904. The monoisotopic (exact) mass is 344 g/mol. The summed E-state index contributed by atoms with van der Waals surface area (Å²) in [5.74, 6) is 2.31. The molecule has 5 nitrogen and oxygen atoms in total. The van der Waals surface area contributed by atoms with E-state index < -0.39 is 0 Å². The van der Waals surface area contributed by atoms with E-state index in [1.54, 1.807) is 0 Å². The molecule has 0 aromatic carbocycles. The molecule has 0 bridgehead atoms. The first-order valence-electron chi connectivity index (χ1n) is 6.95. The number of aromatic nitrogens is 1. The van der Waals surface area contributed by atoms with Gasteiger partial charge < -0.3 is 10.1 Å². The number of rotatable bonds is 4. The number of ether oxygens (including phenoxy) is 1. The van der Waals surface area contributed by atoms with Crippen LogP contribution in [0.4, 0.5) is 5.00 Å². The average Bonchev–Trinajstić information content (AvgIpc) is 3.13. The SMILES string of the molecule is N#Cc1c(Cl)nsc1NC[C@]1(N2CCOCC2)CCSC1. The van der Waals surface area contributed by atoms with Gasteiger partial charge >= 0.3 is 0 Å². The van der Waals surface area contributed by atoms with Crippen molar-refractivity contribution in [2.45, 2.75) is 12.0 Å². The van der Waals surface area contributed by atoms with Crippen LogP contribution in [-0.2, 0) is 4.74 Å². The fourth-order valence-electron chi connectivity index (χ4n) is 2.87. The van der Waals surface area contributed by atoms with Gasteiger partial charge in [-0.3, -0.25) is 4.90 Å². The second kappa shape index (κ2) is 6.71. The summed E-state index contributed by atoms with van der Waals surface area (Å²) in [4.78, 5) is 2.54. The van der Waals surface area contributed by atoms with Crippen molar-refractivity contribution >= 4 is 39.9 Å². The molecule has 0 radical (unpaired) electrons. The minimum absolute atomic E-state index is 0.150. The molecule has 0 amide bonds. The van der Waals surface area contributed by atoms with E-state index in [0.29, 0.717) is 10.7 Å². The van der Waals surface area contributed by atoms with Crippen molar-refractivity contribution in [1.82, 2.24) is 9.27 Å².